The molecule has 0 aliphatic rings. The van der Waals surface area contributed by atoms with Gasteiger partial charge in [0.2, 0.25) is 5.91 Å². The van der Waals surface area contributed by atoms with Crippen molar-refractivity contribution < 1.29 is 4.79 Å². The van der Waals surface area contributed by atoms with Crippen LogP contribution in [0.25, 0.3) is 0 Å². The monoisotopic (exact) mass is 201 g/mol. The Morgan fingerprint density at radius 1 is 1.43 bits per heavy atom. The third-order valence-corrected chi connectivity index (χ3v) is 2.31. The average Bonchev–Trinajstić information content (AvgIpc) is 2.12. The van der Waals surface area contributed by atoms with E-state index in [1.807, 2.05) is 6.92 Å². The number of hydrogen-bond acceptors (Lipinski definition) is 3. The molecule has 4 N–H and O–H groups in total. The minimum Gasteiger partial charge on any atom is -0.355 e. The van der Waals surface area contributed by atoms with Crippen LogP contribution < -0.4 is 16.4 Å². The standard InChI is InChI=1S/C10H23N3O/c1-4-13-10(14)7-12-6-9(5-11)8(2)3/h8-9,12H,4-7,11H2,1-3H3,(H,13,14). The zero-order chi connectivity index (χ0) is 11.0. The first kappa shape index (κ1) is 13.4. The molecule has 0 bridgehead atoms. The van der Waals surface area contributed by atoms with Gasteiger partial charge in [0.05, 0.1) is 6.54 Å². The highest BCUT2D eigenvalue weighted by Gasteiger charge is 2.10. The Hall–Kier alpha value is -0.610. The lowest BCUT2D eigenvalue weighted by Crippen LogP contribution is -2.38. The molecule has 4 heteroatoms. The van der Waals surface area contributed by atoms with Crippen molar-refractivity contribution >= 4 is 5.91 Å². The van der Waals surface area contributed by atoms with Gasteiger partial charge in [-0.15, -0.1) is 0 Å². The number of carbonyl (C=O) groups excluding carboxylic acids is 1. The van der Waals surface area contributed by atoms with Gasteiger partial charge < -0.3 is 16.4 Å². The van der Waals surface area contributed by atoms with Crippen molar-refractivity contribution in [2.45, 2.75) is 20.8 Å². The zero-order valence-electron chi connectivity index (χ0n) is 9.47. The summed E-state index contributed by atoms with van der Waals surface area (Å²) >= 11 is 0. The third-order valence-electron chi connectivity index (χ3n) is 2.31. The highest BCUT2D eigenvalue weighted by molar-refractivity contribution is 5.77. The Labute approximate surface area is 86.6 Å². The molecule has 0 aliphatic heterocycles. The van der Waals surface area contributed by atoms with Gasteiger partial charge in [0.15, 0.2) is 0 Å². The third kappa shape index (κ3) is 5.94. The Balaban J connectivity index is 3.56. The molecule has 14 heavy (non-hydrogen) atoms. The minimum absolute atomic E-state index is 0.0482. The van der Waals surface area contributed by atoms with Crippen LogP contribution in [-0.2, 0) is 4.79 Å². The first-order valence-electron chi connectivity index (χ1n) is 5.29. The van der Waals surface area contributed by atoms with E-state index in [4.69, 9.17) is 5.73 Å². The maximum Gasteiger partial charge on any atom is 0.233 e. The number of likely N-dealkylation sites (N-methyl/N-ethyl adjacent to an activating group) is 1. The fraction of sp³-hybridized carbons (Fsp3) is 0.900. The van der Waals surface area contributed by atoms with Crippen molar-refractivity contribution in [2.75, 3.05) is 26.2 Å². The molecule has 0 saturated carbocycles. The zero-order valence-corrected chi connectivity index (χ0v) is 9.47. The van der Waals surface area contributed by atoms with Gasteiger partial charge in [0.25, 0.3) is 0 Å². The second-order valence-electron chi connectivity index (χ2n) is 3.82. The first-order chi connectivity index (χ1) is 6.61. The van der Waals surface area contributed by atoms with Crippen LogP contribution in [0.3, 0.4) is 0 Å². The predicted octanol–water partition coefficient (Wildman–Crippen LogP) is -0.0570. The fourth-order valence-corrected chi connectivity index (χ4v) is 1.22. The topological polar surface area (TPSA) is 67.2 Å². The molecule has 1 amide bonds. The number of nitrogens with two attached hydrogens (primary N) is 1. The molecule has 1 unspecified atom stereocenters. The molecule has 84 valence electrons. The van der Waals surface area contributed by atoms with Crippen LogP contribution in [0.2, 0.25) is 0 Å². The van der Waals surface area contributed by atoms with E-state index >= 15 is 0 Å². The van der Waals surface area contributed by atoms with Crippen molar-refractivity contribution in [2.24, 2.45) is 17.6 Å². The smallest absolute Gasteiger partial charge is 0.233 e. The predicted molar refractivity (Wildman–Crippen MR) is 58.9 cm³/mol. The van der Waals surface area contributed by atoms with Gasteiger partial charge in [0, 0.05) is 6.54 Å². The van der Waals surface area contributed by atoms with Crippen LogP contribution in [-0.4, -0.2) is 32.1 Å². The maximum atomic E-state index is 11.1. The van der Waals surface area contributed by atoms with Crippen LogP contribution >= 0.6 is 0 Å². The van der Waals surface area contributed by atoms with E-state index in [-0.39, 0.29) is 5.91 Å². The van der Waals surface area contributed by atoms with Crippen molar-refractivity contribution in [1.82, 2.24) is 10.6 Å². The summed E-state index contributed by atoms with van der Waals surface area (Å²) in [7, 11) is 0. The second-order valence-corrected chi connectivity index (χ2v) is 3.82. The minimum atomic E-state index is 0.0482. The van der Waals surface area contributed by atoms with Crippen molar-refractivity contribution in [3.63, 3.8) is 0 Å². The molecule has 0 spiro atoms. The van der Waals surface area contributed by atoms with Gasteiger partial charge in [-0.1, -0.05) is 13.8 Å². The number of nitrogens with one attached hydrogen (secondary N) is 2. The van der Waals surface area contributed by atoms with Crippen LogP contribution in [0.1, 0.15) is 20.8 Å². The molecule has 0 aromatic heterocycles. The molecule has 0 aromatic carbocycles. The summed E-state index contributed by atoms with van der Waals surface area (Å²) in [4.78, 5) is 11.1. The van der Waals surface area contributed by atoms with E-state index in [9.17, 15) is 4.79 Å². The molecule has 4 nitrogen and oxygen atoms in total. The number of carbonyl (C=O) groups is 1. The van der Waals surface area contributed by atoms with E-state index in [1.165, 1.54) is 0 Å². The summed E-state index contributed by atoms with van der Waals surface area (Å²) in [5.74, 6) is 1.05. The van der Waals surface area contributed by atoms with Gasteiger partial charge in [-0.3, -0.25) is 4.79 Å². The van der Waals surface area contributed by atoms with Gasteiger partial charge in [-0.25, -0.2) is 0 Å². The summed E-state index contributed by atoms with van der Waals surface area (Å²) < 4.78 is 0. The molecule has 0 aliphatic carbocycles. The lowest BCUT2D eigenvalue weighted by atomic mass is 9.96. The normalized spacial score (nSPS) is 12.9. The van der Waals surface area contributed by atoms with Gasteiger partial charge >= 0.3 is 0 Å². The molecular formula is C10H23N3O. The van der Waals surface area contributed by atoms with E-state index < -0.39 is 0 Å². The quantitative estimate of drug-likeness (QED) is 0.541. The lowest BCUT2D eigenvalue weighted by Gasteiger charge is -2.18. The highest BCUT2D eigenvalue weighted by atomic mass is 16.1. The molecule has 0 heterocycles. The van der Waals surface area contributed by atoms with E-state index in [1.54, 1.807) is 0 Å². The first-order valence-corrected chi connectivity index (χ1v) is 5.29. The van der Waals surface area contributed by atoms with E-state index in [0.29, 0.717) is 31.5 Å². The van der Waals surface area contributed by atoms with E-state index in [0.717, 1.165) is 6.54 Å². The van der Waals surface area contributed by atoms with Crippen LogP contribution in [0.5, 0.6) is 0 Å². The summed E-state index contributed by atoms with van der Waals surface area (Å²) in [5.41, 5.74) is 5.61. The van der Waals surface area contributed by atoms with Crippen molar-refractivity contribution in [3.05, 3.63) is 0 Å². The second kappa shape index (κ2) is 7.76. The molecule has 0 aromatic rings. The molecule has 1 atom stereocenters. The van der Waals surface area contributed by atoms with Gasteiger partial charge in [-0.2, -0.15) is 0 Å². The average molecular weight is 201 g/mol. The van der Waals surface area contributed by atoms with Crippen molar-refractivity contribution in [1.29, 1.82) is 0 Å². The Morgan fingerprint density at radius 2 is 2.07 bits per heavy atom. The highest BCUT2D eigenvalue weighted by Crippen LogP contribution is 2.06. The molecular weight excluding hydrogens is 178 g/mol. The SMILES string of the molecule is CCNC(=O)CNCC(CN)C(C)C. The summed E-state index contributed by atoms with van der Waals surface area (Å²) in [5, 5.41) is 5.84. The summed E-state index contributed by atoms with van der Waals surface area (Å²) in [6.07, 6.45) is 0. The van der Waals surface area contributed by atoms with Crippen molar-refractivity contribution in [3.8, 4) is 0 Å². The number of amides is 1. The Bertz CT molecular complexity index is 159. The van der Waals surface area contributed by atoms with Crippen LogP contribution in [0, 0.1) is 11.8 Å². The lowest BCUT2D eigenvalue weighted by molar-refractivity contribution is -0.120. The van der Waals surface area contributed by atoms with Crippen LogP contribution in [0.15, 0.2) is 0 Å². The number of hydrogen-bond donors (Lipinski definition) is 3. The van der Waals surface area contributed by atoms with Gasteiger partial charge in [0.1, 0.15) is 0 Å². The Morgan fingerprint density at radius 3 is 2.50 bits per heavy atom. The fourth-order valence-electron chi connectivity index (χ4n) is 1.22. The summed E-state index contributed by atoms with van der Waals surface area (Å²) in [6.45, 7) is 8.75. The molecule has 0 saturated heterocycles. The van der Waals surface area contributed by atoms with E-state index in [2.05, 4.69) is 24.5 Å². The summed E-state index contributed by atoms with van der Waals surface area (Å²) in [6, 6.07) is 0. The largest absolute Gasteiger partial charge is 0.355 e. The van der Waals surface area contributed by atoms with Gasteiger partial charge in [-0.05, 0) is 31.8 Å². The Kier molecular flexibility index (Phi) is 7.42. The molecule has 0 radical (unpaired) electrons. The number of rotatable bonds is 7. The molecule has 0 rings (SSSR count). The molecule has 0 fully saturated rings. The maximum absolute atomic E-state index is 11.1. The van der Waals surface area contributed by atoms with Crippen LogP contribution in [0.4, 0.5) is 0 Å².